The molecule has 0 saturated carbocycles. The molecule has 0 bridgehead atoms. The standard InChI is InChI=1S/C4BF9P/c6-2(7,8)5(1-15,3(9,10)11)4(12,13)14/q-1. The van der Waals surface area contributed by atoms with Crippen LogP contribution in [0.3, 0.4) is 0 Å². The van der Waals surface area contributed by atoms with Gasteiger partial charge in [-0.1, -0.05) is 0 Å². The van der Waals surface area contributed by atoms with Crippen molar-refractivity contribution >= 4 is 14.8 Å². The fraction of sp³-hybridized carbons (Fsp3) is 0.750. The normalized spacial score (nSPS) is 14.9. The predicted octanol–water partition coefficient (Wildman–Crippen LogP) is 3.65. The molecule has 0 N–H and O–H groups in total. The fourth-order valence-electron chi connectivity index (χ4n) is 0.776. The summed E-state index contributed by atoms with van der Waals surface area (Å²) in [5, 5.41) is 0. The van der Waals surface area contributed by atoms with Gasteiger partial charge in [0.15, 0.2) is 0 Å². The first-order valence-electron chi connectivity index (χ1n) is 3.08. The third kappa shape index (κ3) is 2.11. The number of halogens is 9. The van der Waals surface area contributed by atoms with Gasteiger partial charge in [0, 0.05) is 0 Å². The van der Waals surface area contributed by atoms with Gasteiger partial charge in [0.2, 0.25) is 0 Å². The van der Waals surface area contributed by atoms with Gasteiger partial charge in [-0.25, -0.2) is 0 Å². The van der Waals surface area contributed by atoms with E-state index in [1.54, 1.807) is 0 Å². The van der Waals surface area contributed by atoms with E-state index in [0.29, 0.717) is 0 Å². The summed E-state index contributed by atoms with van der Waals surface area (Å²) in [6.45, 7) is 0. The molecule has 0 aromatic rings. The molecular weight excluding hydrogens is 261 g/mol. The third-order valence-electron chi connectivity index (χ3n) is 1.67. The van der Waals surface area contributed by atoms with E-state index < -0.39 is 24.4 Å². The Morgan fingerprint density at radius 1 is 0.667 bits per heavy atom. The molecule has 0 heterocycles. The van der Waals surface area contributed by atoms with E-state index >= 15 is 0 Å². The van der Waals surface area contributed by atoms with Crippen molar-refractivity contribution in [2.45, 2.75) is 18.2 Å². The van der Waals surface area contributed by atoms with Crippen molar-refractivity contribution < 1.29 is 39.5 Å². The Bertz CT molecular complexity index is 240. The zero-order chi connectivity index (χ0) is 12.7. The first kappa shape index (κ1) is 14.6. The summed E-state index contributed by atoms with van der Waals surface area (Å²) < 4.78 is 107. The quantitative estimate of drug-likeness (QED) is 0.354. The Morgan fingerprint density at radius 2 is 0.867 bits per heavy atom. The Hall–Kier alpha value is -0.355. The predicted molar refractivity (Wildman–Crippen MR) is 34.7 cm³/mol. The number of hydrogen-bond acceptors (Lipinski definition) is 0. The molecule has 88 valence electrons. The van der Waals surface area contributed by atoms with Gasteiger partial charge in [0.05, 0.1) is 0 Å². The van der Waals surface area contributed by atoms with Crippen LogP contribution in [0.1, 0.15) is 0 Å². The molecule has 0 unspecified atom stereocenters. The van der Waals surface area contributed by atoms with E-state index in [2.05, 4.69) is 8.70 Å². The van der Waals surface area contributed by atoms with Crippen LogP contribution in [-0.4, -0.2) is 24.4 Å². The van der Waals surface area contributed by atoms with Gasteiger partial charge in [-0.2, -0.15) is 0 Å². The van der Waals surface area contributed by atoms with Crippen LogP contribution >= 0.6 is 8.70 Å². The summed E-state index contributed by atoms with van der Waals surface area (Å²) in [5.74, 6) is 0. The molecule has 0 aromatic carbocycles. The van der Waals surface area contributed by atoms with Crippen molar-refractivity contribution in [1.82, 2.24) is 0 Å². The zero-order valence-corrected chi connectivity index (χ0v) is 7.32. The number of hydrogen-bond donors (Lipinski definition) is 0. The van der Waals surface area contributed by atoms with Crippen molar-refractivity contribution in [1.29, 1.82) is 0 Å². The molecule has 0 aliphatic heterocycles. The van der Waals surface area contributed by atoms with Crippen LogP contribution in [-0.2, 0) is 0 Å². The molecular formula is C4BF9P-. The Kier molecular flexibility index (Phi) is 3.51. The maximum absolute atomic E-state index is 11.8. The van der Waals surface area contributed by atoms with Gasteiger partial charge >= 0.3 is 78.1 Å². The van der Waals surface area contributed by atoms with Crippen LogP contribution in [0.2, 0.25) is 0 Å². The summed E-state index contributed by atoms with van der Waals surface area (Å²) in [5.41, 5.74) is 0.0174. The van der Waals surface area contributed by atoms with E-state index in [9.17, 15) is 39.5 Å². The minimum atomic E-state index is -6.81. The van der Waals surface area contributed by atoms with Gasteiger partial charge in [0.1, 0.15) is 0 Å². The molecule has 0 radical (unpaired) electrons. The van der Waals surface area contributed by atoms with Crippen LogP contribution < -0.4 is 0 Å². The Balaban J connectivity index is 5.93. The second kappa shape index (κ2) is 3.59. The number of rotatable bonds is 0. The van der Waals surface area contributed by atoms with E-state index in [1.807, 2.05) is 0 Å². The van der Waals surface area contributed by atoms with Crippen LogP contribution in [0.15, 0.2) is 0 Å². The van der Waals surface area contributed by atoms with Crippen LogP contribution in [0.25, 0.3) is 0 Å². The SMILES string of the molecule is FC(F)(F)[B-](C#P)(C(F)(F)F)C(F)(F)F. The second-order valence-electron chi connectivity index (χ2n) is 2.62. The molecule has 0 aromatic heterocycles. The molecule has 0 spiro atoms. The van der Waals surface area contributed by atoms with Crippen molar-refractivity contribution in [3.63, 3.8) is 0 Å². The molecule has 0 nitrogen and oxygen atoms in total. The van der Waals surface area contributed by atoms with Gasteiger partial charge in [0.25, 0.3) is 0 Å². The Morgan fingerprint density at radius 3 is 0.867 bits per heavy atom. The van der Waals surface area contributed by atoms with Crippen LogP contribution in [0, 0.1) is 5.53 Å². The van der Waals surface area contributed by atoms with Crippen molar-refractivity contribution in [3.8, 4) is 5.53 Å². The summed E-state index contributed by atoms with van der Waals surface area (Å²) in [4.78, 5) is 0. The molecule has 0 aliphatic carbocycles. The monoisotopic (exact) mass is 261 g/mol. The Labute approximate surface area is 79.2 Å². The zero-order valence-electron chi connectivity index (χ0n) is 6.43. The van der Waals surface area contributed by atoms with Gasteiger partial charge in [-0.3, -0.25) is 0 Å². The van der Waals surface area contributed by atoms with Gasteiger partial charge in [-0.05, 0) is 0 Å². The second-order valence-corrected chi connectivity index (χ2v) is 2.88. The molecule has 0 amide bonds. The average molecular weight is 261 g/mol. The molecule has 0 saturated heterocycles. The van der Waals surface area contributed by atoms with Crippen molar-refractivity contribution in [2.75, 3.05) is 0 Å². The van der Waals surface area contributed by atoms with E-state index in [4.69, 9.17) is 0 Å². The molecule has 0 fully saturated rings. The minimum absolute atomic E-state index is 0.0174. The molecule has 0 rings (SSSR count). The molecule has 0 atom stereocenters. The first-order chi connectivity index (χ1) is 6.31. The maximum atomic E-state index is 11.8. The van der Waals surface area contributed by atoms with Crippen molar-refractivity contribution in [2.24, 2.45) is 0 Å². The average Bonchev–Trinajstić information content (AvgIpc) is 1.76. The van der Waals surface area contributed by atoms with Gasteiger partial charge < -0.3 is 0 Å². The molecule has 0 aliphatic rings. The van der Waals surface area contributed by atoms with Crippen molar-refractivity contribution in [3.05, 3.63) is 0 Å². The summed E-state index contributed by atoms with van der Waals surface area (Å²) in [7, 11) is 2.30. The topological polar surface area (TPSA) is 0 Å². The summed E-state index contributed by atoms with van der Waals surface area (Å²) in [6, 6.07) is 0. The molecule has 11 heteroatoms. The van der Waals surface area contributed by atoms with E-state index in [1.165, 1.54) is 0 Å². The van der Waals surface area contributed by atoms with E-state index in [-0.39, 0.29) is 5.53 Å². The summed E-state index contributed by atoms with van der Waals surface area (Å²) >= 11 is 0. The van der Waals surface area contributed by atoms with Crippen LogP contribution in [0.5, 0.6) is 0 Å². The van der Waals surface area contributed by atoms with Gasteiger partial charge in [-0.15, -0.1) is 0 Å². The van der Waals surface area contributed by atoms with Crippen LogP contribution in [0.4, 0.5) is 39.5 Å². The first-order valence-corrected chi connectivity index (χ1v) is 3.53. The fourth-order valence-corrected chi connectivity index (χ4v) is 1.22. The summed E-state index contributed by atoms with van der Waals surface area (Å²) in [6.07, 6.45) is -26.4. The third-order valence-corrected chi connectivity index (χ3v) is 2.05. The number of alkyl halides is 9. The van der Waals surface area contributed by atoms with E-state index in [0.717, 1.165) is 0 Å². The molecule has 15 heavy (non-hydrogen) atoms.